The predicted octanol–water partition coefficient (Wildman–Crippen LogP) is 12.3. The summed E-state index contributed by atoms with van der Waals surface area (Å²) in [6.45, 7) is 20.9. The van der Waals surface area contributed by atoms with E-state index in [9.17, 15) is 0 Å². The maximum Gasteiger partial charge on any atom is 0.0920 e. The van der Waals surface area contributed by atoms with Gasteiger partial charge in [0, 0.05) is 0 Å². The van der Waals surface area contributed by atoms with Gasteiger partial charge in [-0.2, -0.15) is 29.5 Å². The molecule has 49 heavy (non-hydrogen) atoms. The summed E-state index contributed by atoms with van der Waals surface area (Å²) >= 11 is -0.826. The molecule has 0 nitrogen and oxygen atoms in total. The van der Waals surface area contributed by atoms with E-state index in [0.717, 1.165) is 9.52 Å². The van der Waals surface area contributed by atoms with Gasteiger partial charge in [-0.05, 0) is 44.1 Å². The quantitative estimate of drug-likeness (QED) is 0.121. The number of benzene rings is 5. The van der Waals surface area contributed by atoms with Gasteiger partial charge in [-0.3, -0.25) is 0 Å². The predicted molar refractivity (Wildman–Crippen MR) is 214 cm³/mol. The van der Waals surface area contributed by atoms with Gasteiger partial charge >= 0.3 is 37.9 Å². The van der Waals surface area contributed by atoms with Gasteiger partial charge in [0.05, 0.1) is 9.52 Å². The number of hydrogen-bond donors (Lipinski definition) is 0. The number of fused-ring (bicyclic) bond motifs is 4. The third-order valence-electron chi connectivity index (χ3n) is 9.09. The van der Waals surface area contributed by atoms with E-state index in [2.05, 4.69) is 178 Å². The molecule has 248 valence electrons. The molecule has 0 unspecified atom stereocenters. The summed E-state index contributed by atoms with van der Waals surface area (Å²) in [5.74, 6) is 0. The molecule has 0 fully saturated rings. The summed E-state index contributed by atoms with van der Waals surface area (Å²) < 4.78 is 0. The summed E-state index contributed by atoms with van der Waals surface area (Å²) in [4.78, 5) is 0. The molecule has 1 aliphatic rings. The maximum absolute atomic E-state index is 4.93. The molecule has 7 rings (SSSR count). The molecule has 0 amide bonds. The Bertz CT molecular complexity index is 1960. The van der Waals surface area contributed by atoms with Crippen molar-refractivity contribution in [2.24, 2.45) is 0 Å². The van der Waals surface area contributed by atoms with Crippen molar-refractivity contribution in [3.05, 3.63) is 138 Å². The Kier molecular flexibility index (Phi) is 11.8. The molecule has 4 heteroatoms. The van der Waals surface area contributed by atoms with E-state index in [0.29, 0.717) is 0 Å². The first-order valence-corrected chi connectivity index (χ1v) is 24.2. The Labute approximate surface area is 316 Å². The number of halogens is 2. The Hall–Kier alpha value is -2.61. The van der Waals surface area contributed by atoms with Crippen LogP contribution in [-0.4, -0.2) is 9.52 Å². The molecule has 6 aromatic rings. The van der Waals surface area contributed by atoms with Crippen LogP contribution in [0.5, 0.6) is 0 Å². The fourth-order valence-corrected chi connectivity index (χ4v) is 7.69. The molecule has 0 N–H and O–H groups in total. The van der Waals surface area contributed by atoms with E-state index in [1.807, 2.05) is 6.07 Å². The second-order valence-electron chi connectivity index (χ2n) is 15.9. The van der Waals surface area contributed by atoms with E-state index >= 15 is 0 Å². The van der Waals surface area contributed by atoms with Crippen LogP contribution in [0.2, 0.25) is 0 Å². The van der Waals surface area contributed by atoms with Gasteiger partial charge < -0.3 is 0 Å². The van der Waals surface area contributed by atoms with Crippen molar-refractivity contribution in [3.8, 4) is 33.4 Å². The Morgan fingerprint density at radius 1 is 0.612 bits per heavy atom. The Morgan fingerprint density at radius 2 is 1.20 bits per heavy atom. The van der Waals surface area contributed by atoms with Crippen LogP contribution in [0, 0.1) is 6.07 Å². The summed E-state index contributed by atoms with van der Waals surface area (Å²) in [7, 11) is 10.7. The summed E-state index contributed by atoms with van der Waals surface area (Å²) in [5.41, 5.74) is 12.5. The zero-order valence-corrected chi connectivity index (χ0v) is 35.2. The minimum Gasteiger partial charge on any atom is -0.184 e. The standard InChI is InChI=1S/C33H39.C12H7Si.2ClH.Zr/c1-31(2,3)26-18-25(19-27(21-26)32(4,5)6)30-28-20-24(22-13-11-10-12-14-22)17-23(28)15-16-29(30)33(7,8)9;1-3-7-11-9(5-1)10-6-2-4-8-12(10)13-11;;;/h10-21H,1-9H3;1-7H;2*1H;/q2*-1;;;+4/p-2. The fourth-order valence-electron chi connectivity index (χ4n) is 6.38. The number of rotatable bonds is 2. The smallest absolute Gasteiger partial charge is 0.0920 e. The molecule has 0 saturated carbocycles. The molecule has 0 spiro atoms. The van der Waals surface area contributed by atoms with Gasteiger partial charge in [-0.1, -0.05) is 157 Å². The first kappa shape index (κ1) is 37.6. The van der Waals surface area contributed by atoms with Crippen molar-refractivity contribution in [2.45, 2.75) is 78.6 Å². The molecule has 0 saturated heterocycles. The van der Waals surface area contributed by atoms with Gasteiger partial charge in [0.1, 0.15) is 0 Å². The third-order valence-corrected chi connectivity index (χ3v) is 10.5. The van der Waals surface area contributed by atoms with E-state index in [-0.39, 0.29) is 16.2 Å². The summed E-state index contributed by atoms with van der Waals surface area (Å²) in [5, 5.41) is 5.49. The minimum absolute atomic E-state index is 0.0489. The van der Waals surface area contributed by atoms with Gasteiger partial charge in [0.15, 0.2) is 0 Å². The zero-order valence-electron chi connectivity index (χ0n) is 30.2. The van der Waals surface area contributed by atoms with Crippen LogP contribution < -0.4 is 10.4 Å². The van der Waals surface area contributed by atoms with Crippen molar-refractivity contribution in [1.82, 2.24) is 0 Å². The first-order chi connectivity index (χ1) is 23.1. The molecule has 1 aliphatic heterocycles. The fraction of sp³-hybridized carbons (Fsp3) is 0.267. The van der Waals surface area contributed by atoms with Crippen molar-refractivity contribution < 1.29 is 20.8 Å². The van der Waals surface area contributed by atoms with Crippen molar-refractivity contribution in [1.29, 1.82) is 0 Å². The van der Waals surface area contributed by atoms with E-state index in [1.54, 1.807) is 0 Å². The van der Waals surface area contributed by atoms with Gasteiger partial charge in [-0.25, -0.2) is 0 Å². The average Bonchev–Trinajstić information content (AvgIpc) is 3.66. The molecule has 1 heterocycles. The first-order valence-electron chi connectivity index (χ1n) is 16.9. The minimum atomic E-state index is -0.826. The topological polar surface area (TPSA) is 0 Å². The monoisotopic (exact) mass is 774 g/mol. The molecular formula is C45H46Cl2SiZr. The van der Waals surface area contributed by atoms with E-state index in [1.165, 1.54) is 71.2 Å². The molecule has 0 aliphatic carbocycles. The van der Waals surface area contributed by atoms with Gasteiger partial charge in [-0.15, -0.1) is 40.1 Å². The second kappa shape index (κ2) is 15.3. The van der Waals surface area contributed by atoms with E-state index in [4.69, 9.17) is 17.0 Å². The molecule has 0 atom stereocenters. The Morgan fingerprint density at radius 3 is 1.82 bits per heavy atom. The molecule has 0 aromatic heterocycles. The van der Waals surface area contributed by atoms with Crippen LogP contribution in [0.15, 0.2) is 115 Å². The molecule has 0 bridgehead atoms. The largest absolute Gasteiger partial charge is 0.184 e. The van der Waals surface area contributed by atoms with Crippen LogP contribution in [-0.2, 0) is 37.1 Å². The van der Waals surface area contributed by atoms with E-state index < -0.39 is 20.8 Å². The van der Waals surface area contributed by atoms with Crippen LogP contribution in [0.3, 0.4) is 0 Å². The third kappa shape index (κ3) is 8.83. The normalized spacial score (nSPS) is 12.2. The Balaban J connectivity index is 0.000000239. The van der Waals surface area contributed by atoms with Gasteiger partial charge in [0.25, 0.3) is 0 Å². The summed E-state index contributed by atoms with van der Waals surface area (Å²) in [6.07, 6.45) is 0. The van der Waals surface area contributed by atoms with Crippen LogP contribution in [0.25, 0.3) is 44.2 Å². The maximum atomic E-state index is 4.93. The van der Waals surface area contributed by atoms with Crippen molar-refractivity contribution >= 4 is 47.7 Å². The number of hydrogen-bond acceptors (Lipinski definition) is 0. The van der Waals surface area contributed by atoms with Crippen LogP contribution >= 0.6 is 17.0 Å². The van der Waals surface area contributed by atoms with Gasteiger partial charge in [0.2, 0.25) is 0 Å². The SMILES string of the molecule is CC(C)(C)c1cc(-c2c(C(C)(C)C)ccc3[cH-]c(-c4ccccc4)cc23)cc(C(C)(C)C)c1.[Cl][Zr+2][Cl].[c-]1cccc2c1[Si]c1ccccc1-2. The van der Waals surface area contributed by atoms with Crippen molar-refractivity contribution in [3.63, 3.8) is 0 Å². The molecule has 2 radical (unpaired) electrons. The van der Waals surface area contributed by atoms with Crippen LogP contribution in [0.4, 0.5) is 0 Å². The zero-order chi connectivity index (χ0) is 35.6. The molecular weight excluding hydrogens is 731 g/mol. The molecule has 6 aromatic carbocycles. The van der Waals surface area contributed by atoms with Crippen LogP contribution in [0.1, 0.15) is 79.0 Å². The summed E-state index contributed by atoms with van der Waals surface area (Å²) in [6, 6.07) is 45.6. The average molecular weight is 777 g/mol. The van der Waals surface area contributed by atoms with Crippen molar-refractivity contribution in [2.75, 3.05) is 0 Å². The second-order valence-corrected chi connectivity index (χ2v) is 20.9.